The molecule has 0 aliphatic rings. The Kier molecular flexibility index (Phi) is 6.86. The third kappa shape index (κ3) is 12.8. The van der Waals surface area contributed by atoms with E-state index in [9.17, 15) is 9.59 Å². The smallest absolute Gasteiger partial charge is 0.335 e. The van der Waals surface area contributed by atoms with E-state index in [-0.39, 0.29) is 0 Å². The molecule has 0 aromatic heterocycles. The number of carboxylic acid groups (broad SMARTS) is 2. The van der Waals surface area contributed by atoms with E-state index >= 15 is 0 Å². The molecule has 7 heteroatoms. The Bertz CT molecular complexity index is 194. The largest absolute Gasteiger partial charge is 0.479 e. The fourth-order valence-corrected chi connectivity index (χ4v) is 0.270. The van der Waals surface area contributed by atoms with Crippen LogP contribution in [0.25, 0.3) is 0 Å². The maximum atomic E-state index is 9.77. The zero-order valence-corrected chi connectivity index (χ0v) is 8.71. The highest BCUT2D eigenvalue weighted by Crippen LogP contribution is 1.93. The Hall–Kier alpha value is -1.18. The molecule has 90 valence electrons. The van der Waals surface area contributed by atoms with Crippen molar-refractivity contribution in [1.82, 2.24) is 0 Å². The Balaban J connectivity index is 0. The van der Waals surface area contributed by atoms with Crippen molar-refractivity contribution in [2.75, 3.05) is 0 Å². The SMILES string of the molecule is CC(C)(C)O.O=C(O)C(O)C(O)C(=O)O. The van der Waals surface area contributed by atoms with Gasteiger partial charge in [0, 0.05) is 0 Å². The number of aliphatic carboxylic acids is 2. The number of aliphatic hydroxyl groups is 3. The van der Waals surface area contributed by atoms with Crippen molar-refractivity contribution in [3.05, 3.63) is 0 Å². The van der Waals surface area contributed by atoms with Crippen LogP contribution >= 0.6 is 0 Å². The average Bonchev–Trinajstić information content (AvgIpc) is 1.98. The quantitative estimate of drug-likeness (QED) is 0.400. The molecule has 0 radical (unpaired) electrons. The van der Waals surface area contributed by atoms with E-state index in [2.05, 4.69) is 0 Å². The van der Waals surface area contributed by atoms with Crippen LogP contribution in [0.1, 0.15) is 20.8 Å². The third-order valence-electron chi connectivity index (χ3n) is 0.805. The Morgan fingerprint density at radius 3 is 1.13 bits per heavy atom. The number of hydrogen-bond donors (Lipinski definition) is 5. The van der Waals surface area contributed by atoms with Gasteiger partial charge in [0.25, 0.3) is 0 Å². The normalized spacial score (nSPS) is 14.5. The van der Waals surface area contributed by atoms with Gasteiger partial charge in [0.1, 0.15) is 0 Å². The van der Waals surface area contributed by atoms with Crippen molar-refractivity contribution < 1.29 is 35.1 Å². The average molecular weight is 224 g/mol. The molecule has 0 amide bonds. The second kappa shape index (κ2) is 6.33. The highest BCUT2D eigenvalue weighted by Gasteiger charge is 2.29. The predicted molar refractivity (Wildman–Crippen MR) is 49.3 cm³/mol. The van der Waals surface area contributed by atoms with Crippen LogP contribution in [0.2, 0.25) is 0 Å². The molecule has 7 nitrogen and oxygen atoms in total. The monoisotopic (exact) mass is 224 g/mol. The molecule has 0 bridgehead atoms. The van der Waals surface area contributed by atoms with Crippen LogP contribution in [-0.2, 0) is 9.59 Å². The number of aliphatic hydroxyl groups excluding tert-OH is 2. The topological polar surface area (TPSA) is 135 Å². The summed E-state index contributed by atoms with van der Waals surface area (Å²) in [6.07, 6.45) is -4.53. The highest BCUT2D eigenvalue weighted by atomic mass is 16.4. The van der Waals surface area contributed by atoms with E-state index in [1.165, 1.54) is 0 Å². The van der Waals surface area contributed by atoms with Crippen molar-refractivity contribution in [2.45, 2.75) is 38.6 Å². The Labute approximate surface area is 86.6 Å². The lowest BCUT2D eigenvalue weighted by Gasteiger charge is -2.07. The summed E-state index contributed by atoms with van der Waals surface area (Å²) in [6, 6.07) is 0. The van der Waals surface area contributed by atoms with Gasteiger partial charge < -0.3 is 25.5 Å². The third-order valence-corrected chi connectivity index (χ3v) is 0.805. The van der Waals surface area contributed by atoms with Gasteiger partial charge in [-0.05, 0) is 20.8 Å². The van der Waals surface area contributed by atoms with E-state index in [4.69, 9.17) is 25.5 Å². The standard InChI is InChI=1S/C4H6O6.C4H10O/c5-1(3(7)8)2(6)4(9)10;1-4(2,3)5/h1-2,5-6H,(H,7,8)(H,9,10);5H,1-3H3. The number of carbonyl (C=O) groups is 2. The molecule has 0 fully saturated rings. The molecule has 2 atom stereocenters. The number of carboxylic acids is 2. The minimum Gasteiger partial charge on any atom is -0.479 e. The molecule has 0 spiro atoms. The van der Waals surface area contributed by atoms with E-state index in [1.807, 2.05) is 0 Å². The van der Waals surface area contributed by atoms with Crippen molar-refractivity contribution >= 4 is 11.9 Å². The van der Waals surface area contributed by atoms with Gasteiger partial charge >= 0.3 is 11.9 Å². The molecule has 0 saturated carbocycles. The van der Waals surface area contributed by atoms with Gasteiger partial charge in [0.2, 0.25) is 0 Å². The summed E-state index contributed by atoms with van der Waals surface area (Å²) in [5, 5.41) is 41.0. The first kappa shape index (κ1) is 16.3. The van der Waals surface area contributed by atoms with Crippen LogP contribution in [0.3, 0.4) is 0 Å². The van der Waals surface area contributed by atoms with Gasteiger partial charge in [-0.25, -0.2) is 9.59 Å². The fourth-order valence-electron chi connectivity index (χ4n) is 0.270. The van der Waals surface area contributed by atoms with E-state index < -0.39 is 29.7 Å². The Morgan fingerprint density at radius 1 is 0.933 bits per heavy atom. The van der Waals surface area contributed by atoms with Gasteiger partial charge in [-0.2, -0.15) is 0 Å². The van der Waals surface area contributed by atoms with Crippen LogP contribution < -0.4 is 0 Å². The van der Waals surface area contributed by atoms with Gasteiger partial charge in [0.15, 0.2) is 12.2 Å². The molecular formula is C8H16O7. The first-order chi connectivity index (χ1) is 6.46. The van der Waals surface area contributed by atoms with E-state index in [1.54, 1.807) is 20.8 Å². The lowest BCUT2D eigenvalue weighted by Crippen LogP contribution is -2.39. The molecule has 0 aliphatic carbocycles. The molecule has 0 aromatic rings. The summed E-state index contributed by atoms with van der Waals surface area (Å²) in [4.78, 5) is 19.5. The lowest BCUT2D eigenvalue weighted by atomic mass is 10.2. The summed E-state index contributed by atoms with van der Waals surface area (Å²) in [7, 11) is 0. The van der Waals surface area contributed by atoms with E-state index in [0.29, 0.717) is 0 Å². The van der Waals surface area contributed by atoms with Crippen molar-refractivity contribution in [1.29, 1.82) is 0 Å². The first-order valence-corrected chi connectivity index (χ1v) is 4.01. The molecule has 5 N–H and O–H groups in total. The van der Waals surface area contributed by atoms with Crippen LogP contribution in [0, 0.1) is 0 Å². The van der Waals surface area contributed by atoms with Crippen molar-refractivity contribution in [2.24, 2.45) is 0 Å². The van der Waals surface area contributed by atoms with Crippen molar-refractivity contribution in [3.63, 3.8) is 0 Å². The first-order valence-electron chi connectivity index (χ1n) is 4.01. The van der Waals surface area contributed by atoms with Gasteiger partial charge in [-0.1, -0.05) is 0 Å². The zero-order valence-electron chi connectivity index (χ0n) is 8.71. The summed E-state index contributed by atoms with van der Waals surface area (Å²) in [5.41, 5.74) is -0.500. The van der Waals surface area contributed by atoms with Gasteiger partial charge in [-0.15, -0.1) is 0 Å². The van der Waals surface area contributed by atoms with Gasteiger partial charge in [-0.3, -0.25) is 0 Å². The molecule has 0 heterocycles. The van der Waals surface area contributed by atoms with E-state index in [0.717, 1.165) is 0 Å². The maximum absolute atomic E-state index is 9.77. The fraction of sp³-hybridized carbons (Fsp3) is 0.750. The second-order valence-corrected chi connectivity index (χ2v) is 3.74. The van der Waals surface area contributed by atoms with Crippen molar-refractivity contribution in [3.8, 4) is 0 Å². The maximum Gasteiger partial charge on any atom is 0.335 e. The van der Waals surface area contributed by atoms with Gasteiger partial charge in [0.05, 0.1) is 5.60 Å². The summed E-state index contributed by atoms with van der Waals surface area (Å²) in [5.74, 6) is -3.54. The minimum atomic E-state index is -2.27. The van der Waals surface area contributed by atoms with Crippen LogP contribution in [0.5, 0.6) is 0 Å². The lowest BCUT2D eigenvalue weighted by molar-refractivity contribution is -0.165. The zero-order chi connectivity index (χ0) is 12.8. The highest BCUT2D eigenvalue weighted by molar-refractivity contribution is 5.83. The summed E-state index contributed by atoms with van der Waals surface area (Å²) >= 11 is 0. The predicted octanol–water partition coefficient (Wildman–Crippen LogP) is -1.35. The number of rotatable bonds is 3. The van der Waals surface area contributed by atoms with Crippen LogP contribution in [0.15, 0.2) is 0 Å². The summed E-state index contributed by atoms with van der Waals surface area (Å²) < 4.78 is 0. The van der Waals surface area contributed by atoms with Crippen LogP contribution in [0.4, 0.5) is 0 Å². The molecular weight excluding hydrogens is 208 g/mol. The van der Waals surface area contributed by atoms with Crippen LogP contribution in [-0.4, -0.2) is 55.3 Å². The number of hydrogen-bond acceptors (Lipinski definition) is 5. The molecule has 0 rings (SSSR count). The Morgan fingerprint density at radius 2 is 1.07 bits per heavy atom. The molecule has 2 unspecified atom stereocenters. The second-order valence-electron chi connectivity index (χ2n) is 3.74. The molecule has 0 saturated heterocycles. The molecule has 15 heavy (non-hydrogen) atoms. The summed E-state index contributed by atoms with van der Waals surface area (Å²) in [6.45, 7) is 5.23. The molecule has 0 aromatic carbocycles. The minimum absolute atomic E-state index is 0.500. The molecule has 0 aliphatic heterocycles.